The molecule has 0 saturated heterocycles. The SMILES string of the molecule is CN1c2ccc(F)cc2CC1CC(C)(C)O. The first kappa shape index (κ1) is 11.4. The number of rotatable bonds is 2. The first-order valence-electron chi connectivity index (χ1n) is 5.60. The van der Waals surface area contributed by atoms with Crippen LogP contribution in [0, 0.1) is 5.82 Å². The second-order valence-corrected chi connectivity index (χ2v) is 5.26. The predicted octanol–water partition coefficient (Wildman–Crippen LogP) is 2.35. The molecule has 88 valence electrons. The third-order valence-corrected chi connectivity index (χ3v) is 3.16. The van der Waals surface area contributed by atoms with E-state index in [9.17, 15) is 9.50 Å². The molecule has 2 rings (SSSR count). The van der Waals surface area contributed by atoms with Crippen LogP contribution in [0.5, 0.6) is 0 Å². The molecule has 0 radical (unpaired) electrons. The smallest absolute Gasteiger partial charge is 0.123 e. The van der Waals surface area contributed by atoms with Crippen molar-refractivity contribution in [3.05, 3.63) is 29.6 Å². The Hall–Kier alpha value is -1.09. The largest absolute Gasteiger partial charge is 0.390 e. The first-order chi connectivity index (χ1) is 7.37. The van der Waals surface area contributed by atoms with E-state index in [1.807, 2.05) is 27.0 Å². The fourth-order valence-corrected chi connectivity index (χ4v) is 2.43. The van der Waals surface area contributed by atoms with Crippen LogP contribution < -0.4 is 4.90 Å². The Morgan fingerprint density at radius 1 is 1.50 bits per heavy atom. The highest BCUT2D eigenvalue weighted by Gasteiger charge is 2.30. The maximum absolute atomic E-state index is 13.1. The van der Waals surface area contributed by atoms with Crippen LogP contribution in [0.25, 0.3) is 0 Å². The molecule has 1 aromatic carbocycles. The summed E-state index contributed by atoms with van der Waals surface area (Å²) in [6, 6.07) is 5.16. The van der Waals surface area contributed by atoms with Crippen LogP contribution >= 0.6 is 0 Å². The van der Waals surface area contributed by atoms with Gasteiger partial charge in [-0.05, 0) is 50.5 Å². The van der Waals surface area contributed by atoms with Crippen LogP contribution in [-0.2, 0) is 6.42 Å². The molecule has 1 aliphatic rings. The van der Waals surface area contributed by atoms with Crippen molar-refractivity contribution in [1.82, 2.24) is 0 Å². The van der Waals surface area contributed by atoms with Crippen LogP contribution in [0.15, 0.2) is 18.2 Å². The zero-order valence-electron chi connectivity index (χ0n) is 10.00. The Kier molecular flexibility index (Phi) is 2.66. The van der Waals surface area contributed by atoms with Gasteiger partial charge in [0.15, 0.2) is 0 Å². The summed E-state index contributed by atoms with van der Waals surface area (Å²) in [6.45, 7) is 3.62. The van der Waals surface area contributed by atoms with Crippen LogP contribution in [-0.4, -0.2) is 23.8 Å². The third kappa shape index (κ3) is 2.19. The van der Waals surface area contributed by atoms with Crippen molar-refractivity contribution in [3.8, 4) is 0 Å². The molecular weight excluding hydrogens is 205 g/mol. The molecule has 2 nitrogen and oxygen atoms in total. The molecule has 0 spiro atoms. The summed E-state index contributed by atoms with van der Waals surface area (Å²) >= 11 is 0. The maximum Gasteiger partial charge on any atom is 0.123 e. The Morgan fingerprint density at radius 2 is 2.19 bits per heavy atom. The van der Waals surface area contributed by atoms with Crippen LogP contribution in [0.1, 0.15) is 25.8 Å². The highest BCUT2D eigenvalue weighted by molar-refractivity contribution is 5.58. The Balaban J connectivity index is 2.20. The van der Waals surface area contributed by atoms with Crippen LogP contribution in [0.4, 0.5) is 10.1 Å². The Morgan fingerprint density at radius 3 is 2.81 bits per heavy atom. The number of benzene rings is 1. The van der Waals surface area contributed by atoms with Gasteiger partial charge in [0.1, 0.15) is 5.82 Å². The van der Waals surface area contributed by atoms with Crippen molar-refractivity contribution < 1.29 is 9.50 Å². The average Bonchev–Trinajstić information content (AvgIpc) is 2.40. The Labute approximate surface area is 95.7 Å². The van der Waals surface area contributed by atoms with E-state index in [0.29, 0.717) is 6.42 Å². The van der Waals surface area contributed by atoms with Gasteiger partial charge in [-0.3, -0.25) is 0 Å². The summed E-state index contributed by atoms with van der Waals surface area (Å²) in [5.74, 6) is -0.184. The highest BCUT2D eigenvalue weighted by Crippen LogP contribution is 2.34. The molecule has 0 fully saturated rings. The first-order valence-corrected chi connectivity index (χ1v) is 5.60. The summed E-state index contributed by atoms with van der Waals surface area (Å²) in [6.07, 6.45) is 1.51. The summed E-state index contributed by atoms with van der Waals surface area (Å²) in [5, 5.41) is 9.83. The fourth-order valence-electron chi connectivity index (χ4n) is 2.43. The van der Waals surface area contributed by atoms with Gasteiger partial charge in [-0.15, -0.1) is 0 Å². The lowest BCUT2D eigenvalue weighted by atomic mass is 9.96. The number of anilines is 1. The molecule has 0 saturated carbocycles. The normalized spacial score (nSPS) is 20.1. The van der Waals surface area contributed by atoms with Gasteiger partial charge in [-0.1, -0.05) is 0 Å². The van der Waals surface area contributed by atoms with Gasteiger partial charge in [0.2, 0.25) is 0 Å². The van der Waals surface area contributed by atoms with Crippen molar-refractivity contribution >= 4 is 5.69 Å². The number of nitrogens with zero attached hydrogens (tertiary/aromatic N) is 1. The molecule has 1 aromatic rings. The molecule has 16 heavy (non-hydrogen) atoms. The Bertz CT molecular complexity index is 397. The molecule has 1 N–H and O–H groups in total. The lowest BCUT2D eigenvalue weighted by Gasteiger charge is -2.28. The molecule has 0 amide bonds. The van der Waals surface area contributed by atoms with Gasteiger partial charge in [-0.25, -0.2) is 4.39 Å². The van der Waals surface area contributed by atoms with Crippen molar-refractivity contribution in [3.63, 3.8) is 0 Å². The minimum atomic E-state index is -0.681. The van der Waals surface area contributed by atoms with Crippen LogP contribution in [0.3, 0.4) is 0 Å². The number of hydrogen-bond acceptors (Lipinski definition) is 2. The summed E-state index contributed by atoms with van der Waals surface area (Å²) in [7, 11) is 2.00. The van der Waals surface area contributed by atoms with Gasteiger partial charge < -0.3 is 10.0 Å². The van der Waals surface area contributed by atoms with E-state index in [0.717, 1.165) is 17.7 Å². The second-order valence-electron chi connectivity index (χ2n) is 5.26. The van der Waals surface area contributed by atoms with Gasteiger partial charge >= 0.3 is 0 Å². The number of halogens is 1. The number of likely N-dealkylation sites (N-methyl/N-ethyl adjacent to an activating group) is 1. The number of fused-ring (bicyclic) bond motifs is 1. The topological polar surface area (TPSA) is 23.5 Å². The van der Waals surface area contributed by atoms with Gasteiger partial charge in [-0.2, -0.15) is 0 Å². The van der Waals surface area contributed by atoms with Gasteiger partial charge in [0, 0.05) is 18.8 Å². The van der Waals surface area contributed by atoms with Crippen molar-refractivity contribution in [1.29, 1.82) is 0 Å². The fraction of sp³-hybridized carbons (Fsp3) is 0.538. The minimum absolute atomic E-state index is 0.184. The van der Waals surface area contributed by atoms with E-state index in [4.69, 9.17) is 0 Å². The average molecular weight is 223 g/mol. The van der Waals surface area contributed by atoms with Crippen molar-refractivity contribution in [2.24, 2.45) is 0 Å². The number of aliphatic hydroxyl groups is 1. The molecule has 1 heterocycles. The van der Waals surface area contributed by atoms with E-state index >= 15 is 0 Å². The lowest BCUT2D eigenvalue weighted by Crippen LogP contribution is -2.35. The summed E-state index contributed by atoms with van der Waals surface area (Å²) < 4.78 is 13.1. The number of hydrogen-bond donors (Lipinski definition) is 1. The minimum Gasteiger partial charge on any atom is -0.390 e. The molecule has 1 atom stereocenters. The maximum atomic E-state index is 13.1. The lowest BCUT2D eigenvalue weighted by molar-refractivity contribution is 0.0639. The van der Waals surface area contributed by atoms with Gasteiger partial charge in [0.05, 0.1) is 5.60 Å². The molecule has 0 aromatic heterocycles. The third-order valence-electron chi connectivity index (χ3n) is 3.16. The monoisotopic (exact) mass is 223 g/mol. The van der Waals surface area contributed by atoms with Crippen molar-refractivity contribution in [2.75, 3.05) is 11.9 Å². The zero-order valence-corrected chi connectivity index (χ0v) is 10.00. The molecule has 3 heteroatoms. The van der Waals surface area contributed by atoms with E-state index in [-0.39, 0.29) is 11.9 Å². The molecule has 1 unspecified atom stereocenters. The second kappa shape index (κ2) is 3.74. The summed E-state index contributed by atoms with van der Waals surface area (Å²) in [5.41, 5.74) is 1.44. The zero-order chi connectivity index (χ0) is 11.9. The molecule has 0 bridgehead atoms. The highest BCUT2D eigenvalue weighted by atomic mass is 19.1. The van der Waals surface area contributed by atoms with E-state index in [1.54, 1.807) is 6.07 Å². The van der Waals surface area contributed by atoms with E-state index in [2.05, 4.69) is 4.90 Å². The van der Waals surface area contributed by atoms with E-state index in [1.165, 1.54) is 6.07 Å². The van der Waals surface area contributed by atoms with E-state index < -0.39 is 5.60 Å². The standard InChI is InChI=1S/C13H18FNO/c1-13(2,16)8-11-7-9-6-10(14)4-5-12(9)15(11)3/h4-6,11,16H,7-8H2,1-3H3. The molecule has 0 aliphatic carbocycles. The predicted molar refractivity (Wildman–Crippen MR) is 63.2 cm³/mol. The molecule has 1 aliphatic heterocycles. The van der Waals surface area contributed by atoms with Gasteiger partial charge in [0.25, 0.3) is 0 Å². The quantitative estimate of drug-likeness (QED) is 0.832. The summed E-state index contributed by atoms with van der Waals surface area (Å²) in [4.78, 5) is 2.13. The van der Waals surface area contributed by atoms with Crippen molar-refractivity contribution in [2.45, 2.75) is 38.3 Å². The van der Waals surface area contributed by atoms with Crippen LogP contribution in [0.2, 0.25) is 0 Å². The molecular formula is C13H18FNO.